The molecule has 0 aliphatic heterocycles. The maximum Gasteiger partial charge on any atom is 0.242 e. The fourth-order valence-electron chi connectivity index (χ4n) is 3.65. The first kappa shape index (κ1) is 23.8. The van der Waals surface area contributed by atoms with Crippen molar-refractivity contribution in [3.8, 4) is 38.5 Å². The van der Waals surface area contributed by atoms with E-state index >= 15 is 0 Å². The first-order chi connectivity index (χ1) is 16.4. The lowest BCUT2D eigenvalue weighted by Crippen LogP contribution is -2.68. The largest absolute Gasteiger partial charge is 0.242 e. The van der Waals surface area contributed by atoms with Crippen LogP contribution in [0.25, 0.3) is 38.5 Å². The van der Waals surface area contributed by atoms with Gasteiger partial charge in [0.05, 0.1) is 5.56 Å². The zero-order valence-electron chi connectivity index (χ0n) is 17.9. The average molecular weight is 490 g/mol. The van der Waals surface area contributed by atoms with Gasteiger partial charge in [-0.15, -0.1) is 10.2 Å². The maximum absolute atomic E-state index is 8.49. The molecule has 0 unspecified atom stereocenters. The first-order valence-corrected chi connectivity index (χ1v) is 12.4. The summed E-state index contributed by atoms with van der Waals surface area (Å²) in [5.74, 6) is 0. The van der Waals surface area contributed by atoms with E-state index in [9.17, 15) is 0 Å². The van der Waals surface area contributed by atoms with Crippen LogP contribution in [0, 0.1) is 10.2 Å². The maximum atomic E-state index is 8.49. The Morgan fingerprint density at radius 2 is 0.882 bits per heavy atom. The molecular weight excluding hydrogens is 470 g/mol. The molecule has 4 aromatic carbocycles. The number of benzene rings is 4. The van der Waals surface area contributed by atoms with E-state index in [-0.39, 0.29) is 0 Å². The van der Waals surface area contributed by atoms with Gasteiger partial charge in [-0.25, -0.2) is 18.6 Å². The van der Waals surface area contributed by atoms with Crippen LogP contribution in [0.3, 0.4) is 0 Å². The lowest BCUT2D eigenvalue weighted by Gasteiger charge is -2.17. The number of para-hydroxylation sites is 1. The fourth-order valence-corrected chi connectivity index (χ4v) is 4.90. The van der Waals surface area contributed by atoms with E-state index in [0.29, 0.717) is 0 Å². The number of hydrogen-bond donors (Lipinski definition) is 0. The Kier molecular flexibility index (Phi) is 7.49. The Hall–Kier alpha value is -3.36. The van der Waals surface area contributed by atoms with Crippen molar-refractivity contribution in [2.24, 2.45) is 0 Å². The second kappa shape index (κ2) is 10.7. The van der Waals surface area contributed by atoms with Crippen LogP contribution in [0.5, 0.6) is 0 Å². The van der Waals surface area contributed by atoms with Crippen LogP contribution >= 0.6 is 11.5 Å². The van der Waals surface area contributed by atoms with Gasteiger partial charge in [-0.1, -0.05) is 101 Å². The molecule has 0 fully saturated rings. The summed E-state index contributed by atoms with van der Waals surface area (Å²) in [5, 5.41) is 0. The van der Waals surface area contributed by atoms with E-state index in [4.69, 9.17) is 18.6 Å². The monoisotopic (exact) mass is 489 g/mol. The molecule has 0 amide bonds. The van der Waals surface area contributed by atoms with Crippen molar-refractivity contribution in [2.45, 2.75) is 0 Å². The molecular formula is C27H20ClNO4S. The topological polar surface area (TPSA) is 96.1 Å². The summed E-state index contributed by atoms with van der Waals surface area (Å²) in [4.78, 5) is 1.28. The molecule has 0 spiro atoms. The summed E-state index contributed by atoms with van der Waals surface area (Å²) in [6, 6.07) is 42.7. The van der Waals surface area contributed by atoms with Crippen LogP contribution in [-0.4, -0.2) is 0 Å². The lowest BCUT2D eigenvalue weighted by molar-refractivity contribution is -2.00. The molecule has 0 bridgehead atoms. The molecule has 7 heteroatoms. The molecule has 170 valence electrons. The van der Waals surface area contributed by atoms with E-state index in [0.717, 1.165) is 0 Å². The minimum Gasteiger partial charge on any atom is -0.222 e. The van der Waals surface area contributed by atoms with Gasteiger partial charge in [0.25, 0.3) is 0 Å². The summed E-state index contributed by atoms with van der Waals surface area (Å²) in [5.41, 5.74) is 7.37. The van der Waals surface area contributed by atoms with Crippen LogP contribution in [0.15, 0.2) is 121 Å². The van der Waals surface area contributed by atoms with E-state index < -0.39 is 10.2 Å². The van der Waals surface area contributed by atoms with Gasteiger partial charge in [0, 0.05) is 17.7 Å². The molecule has 0 atom stereocenters. The van der Waals surface area contributed by atoms with Gasteiger partial charge in [0.15, 0.2) is 0 Å². The zero-order chi connectivity index (χ0) is 24.0. The SMILES string of the molecule is [O-][Cl+3]([O-])([O-])[O-].c1ccc(-c2s[n+](-c3ccccc3)c(-c3ccccc3)c2-c2ccccc2)cc1. The summed E-state index contributed by atoms with van der Waals surface area (Å²) in [7, 11) is -4.94. The van der Waals surface area contributed by atoms with Crippen LogP contribution in [-0.2, 0) is 0 Å². The fraction of sp³-hybridized carbons (Fsp3) is 0. The van der Waals surface area contributed by atoms with Crippen molar-refractivity contribution in [1.82, 2.24) is 0 Å². The Morgan fingerprint density at radius 1 is 0.500 bits per heavy atom. The Bertz CT molecular complexity index is 1220. The van der Waals surface area contributed by atoms with Crippen LogP contribution in [0.1, 0.15) is 0 Å². The van der Waals surface area contributed by atoms with E-state index in [1.54, 1.807) is 11.5 Å². The molecule has 0 saturated heterocycles. The molecule has 0 aliphatic rings. The minimum atomic E-state index is -4.94. The number of aromatic nitrogens is 1. The third kappa shape index (κ3) is 5.95. The van der Waals surface area contributed by atoms with Crippen molar-refractivity contribution < 1.29 is 32.8 Å². The van der Waals surface area contributed by atoms with Crippen LogP contribution in [0.4, 0.5) is 0 Å². The lowest BCUT2D eigenvalue weighted by atomic mass is 9.96. The van der Waals surface area contributed by atoms with Gasteiger partial charge in [-0.3, -0.25) is 0 Å². The molecule has 5 rings (SSSR count). The summed E-state index contributed by atoms with van der Waals surface area (Å²) in [6.07, 6.45) is 0. The normalized spacial score (nSPS) is 10.9. The predicted molar refractivity (Wildman–Crippen MR) is 122 cm³/mol. The second-order valence-corrected chi connectivity index (χ2v) is 8.96. The highest BCUT2D eigenvalue weighted by molar-refractivity contribution is 7.06. The highest BCUT2D eigenvalue weighted by Crippen LogP contribution is 2.42. The Labute approximate surface area is 204 Å². The van der Waals surface area contributed by atoms with Gasteiger partial charge in [0.2, 0.25) is 11.4 Å². The Morgan fingerprint density at radius 3 is 1.35 bits per heavy atom. The smallest absolute Gasteiger partial charge is 0.222 e. The molecule has 1 aromatic heterocycles. The highest BCUT2D eigenvalue weighted by Gasteiger charge is 2.30. The van der Waals surface area contributed by atoms with E-state index in [2.05, 4.69) is 125 Å². The zero-order valence-corrected chi connectivity index (χ0v) is 19.5. The Balaban J connectivity index is 0.000000499. The second-order valence-electron chi connectivity index (χ2n) is 7.25. The highest BCUT2D eigenvalue weighted by atomic mass is 35.7. The quantitative estimate of drug-likeness (QED) is 0.362. The summed E-state index contributed by atoms with van der Waals surface area (Å²) < 4.78 is 36.3. The van der Waals surface area contributed by atoms with E-state index in [1.807, 2.05) is 0 Å². The van der Waals surface area contributed by atoms with Gasteiger partial charge < -0.3 is 0 Å². The predicted octanol–water partition coefficient (Wildman–Crippen LogP) is 2.27. The molecule has 34 heavy (non-hydrogen) atoms. The van der Waals surface area contributed by atoms with Crippen molar-refractivity contribution in [3.05, 3.63) is 121 Å². The van der Waals surface area contributed by atoms with E-state index in [1.165, 1.54) is 38.5 Å². The van der Waals surface area contributed by atoms with Gasteiger partial charge in [-0.05, 0) is 23.3 Å². The van der Waals surface area contributed by atoms with Crippen LogP contribution < -0.4 is 22.6 Å². The van der Waals surface area contributed by atoms with Gasteiger partial charge in [0.1, 0.15) is 16.4 Å². The van der Waals surface area contributed by atoms with Gasteiger partial charge in [-0.2, -0.15) is 0 Å². The van der Waals surface area contributed by atoms with Crippen molar-refractivity contribution in [2.75, 3.05) is 0 Å². The number of rotatable bonds is 4. The molecule has 1 heterocycles. The van der Waals surface area contributed by atoms with Crippen molar-refractivity contribution in [3.63, 3.8) is 0 Å². The molecule has 0 aliphatic carbocycles. The first-order valence-electron chi connectivity index (χ1n) is 10.3. The van der Waals surface area contributed by atoms with Crippen molar-refractivity contribution in [1.29, 1.82) is 0 Å². The third-order valence-electron chi connectivity index (χ3n) is 4.99. The molecule has 5 nitrogen and oxygen atoms in total. The summed E-state index contributed by atoms with van der Waals surface area (Å²) in [6.45, 7) is 0. The number of hydrogen-bond acceptors (Lipinski definition) is 5. The number of halogens is 1. The van der Waals surface area contributed by atoms with Crippen molar-refractivity contribution >= 4 is 11.5 Å². The average Bonchev–Trinajstić information content (AvgIpc) is 3.26. The van der Waals surface area contributed by atoms with Gasteiger partial charge >= 0.3 is 0 Å². The third-order valence-corrected chi connectivity index (χ3v) is 6.18. The molecule has 0 radical (unpaired) electrons. The summed E-state index contributed by atoms with van der Waals surface area (Å²) >= 11 is 1.80. The number of nitrogens with zero attached hydrogens (tertiary/aromatic N) is 1. The molecule has 0 N–H and O–H groups in total. The standard InChI is InChI=1S/C27H20NS.ClHO4/c1-5-13-21(14-6-1)25-26(22-15-7-2-8-16-22)28(24-19-11-4-12-20-24)29-27(25)23-17-9-3-10-18-23;2-1(3,4)5/h1-20H;(H,2,3,4,5)/q+1;/p-1. The molecule has 0 saturated carbocycles. The van der Waals surface area contributed by atoms with Crippen LogP contribution in [0.2, 0.25) is 0 Å². The minimum absolute atomic E-state index is 1.18. The molecule has 5 aromatic rings.